The molecule has 2 aliphatic rings. The summed E-state index contributed by atoms with van der Waals surface area (Å²) in [5.74, 6) is -2.19. The van der Waals surface area contributed by atoms with Gasteiger partial charge in [0.25, 0.3) is 0 Å². The van der Waals surface area contributed by atoms with Gasteiger partial charge < -0.3 is 15.5 Å². The highest BCUT2D eigenvalue weighted by Gasteiger charge is 2.32. The first-order chi connectivity index (χ1) is 14.7. The molecular formula is C23H24ClF2N3O2. The largest absolute Gasteiger partial charge is 0.336 e. The van der Waals surface area contributed by atoms with E-state index in [-0.39, 0.29) is 24.2 Å². The highest BCUT2D eigenvalue weighted by molar-refractivity contribution is 6.31. The Morgan fingerprint density at radius 2 is 1.90 bits per heavy atom. The van der Waals surface area contributed by atoms with E-state index in [0.29, 0.717) is 48.7 Å². The zero-order valence-electron chi connectivity index (χ0n) is 17.2. The summed E-state index contributed by atoms with van der Waals surface area (Å²) in [6.45, 7) is 2.57. The third kappa shape index (κ3) is 4.29. The molecule has 1 aliphatic carbocycles. The van der Waals surface area contributed by atoms with Crippen molar-refractivity contribution in [3.8, 4) is 0 Å². The predicted molar refractivity (Wildman–Crippen MR) is 115 cm³/mol. The lowest BCUT2D eigenvalue weighted by molar-refractivity contribution is -0.132. The van der Waals surface area contributed by atoms with Crippen LogP contribution >= 0.6 is 11.6 Å². The van der Waals surface area contributed by atoms with Crippen molar-refractivity contribution in [3.05, 3.63) is 63.7 Å². The van der Waals surface area contributed by atoms with Crippen molar-refractivity contribution in [2.45, 2.75) is 44.7 Å². The van der Waals surface area contributed by atoms with Crippen LogP contribution < -0.4 is 10.6 Å². The number of amides is 2. The van der Waals surface area contributed by atoms with E-state index in [1.165, 1.54) is 19.1 Å². The summed E-state index contributed by atoms with van der Waals surface area (Å²) in [6.07, 6.45) is 1.36. The zero-order chi connectivity index (χ0) is 22.3. The standard InChI is InChI=1S/C23H24ClF2N3O2/c1-13(30)29-7-6-28(12-15-2-4-16(24)9-22(15)29)23(31)11-21(27)17-5-3-14-8-19(25)20(26)10-18(14)17/h2,4,8-10,17,21H,3,5-7,11-12,27H2,1H3. The van der Waals surface area contributed by atoms with Crippen molar-refractivity contribution >= 4 is 29.1 Å². The average molecular weight is 448 g/mol. The van der Waals surface area contributed by atoms with Crippen LogP contribution in [-0.2, 0) is 22.6 Å². The lowest BCUT2D eigenvalue weighted by Crippen LogP contribution is -2.40. The van der Waals surface area contributed by atoms with Crippen molar-refractivity contribution < 1.29 is 18.4 Å². The van der Waals surface area contributed by atoms with Gasteiger partial charge in [-0.2, -0.15) is 0 Å². The maximum absolute atomic E-state index is 13.7. The zero-order valence-corrected chi connectivity index (χ0v) is 18.0. The second-order valence-corrected chi connectivity index (χ2v) is 8.67. The molecule has 2 amide bonds. The van der Waals surface area contributed by atoms with Gasteiger partial charge in [-0.15, -0.1) is 0 Å². The van der Waals surface area contributed by atoms with Crippen molar-refractivity contribution in [1.29, 1.82) is 0 Å². The quantitative estimate of drug-likeness (QED) is 0.779. The van der Waals surface area contributed by atoms with Gasteiger partial charge in [-0.25, -0.2) is 8.78 Å². The number of benzene rings is 2. The number of carbonyl (C=O) groups excluding carboxylic acids is 2. The Morgan fingerprint density at radius 3 is 2.65 bits per heavy atom. The first kappa shape index (κ1) is 21.7. The van der Waals surface area contributed by atoms with Gasteiger partial charge in [-0.05, 0) is 53.8 Å². The minimum absolute atomic E-state index is 0.0894. The maximum atomic E-state index is 13.7. The summed E-state index contributed by atoms with van der Waals surface area (Å²) < 4.78 is 27.3. The molecule has 2 unspecified atom stereocenters. The van der Waals surface area contributed by atoms with Crippen molar-refractivity contribution in [1.82, 2.24) is 4.90 Å². The first-order valence-corrected chi connectivity index (χ1v) is 10.7. The van der Waals surface area contributed by atoms with E-state index in [2.05, 4.69) is 0 Å². The number of halogens is 3. The number of anilines is 1. The van der Waals surface area contributed by atoms with E-state index in [1.807, 2.05) is 6.07 Å². The summed E-state index contributed by atoms with van der Waals surface area (Å²) in [5, 5.41) is 0.523. The molecule has 8 heteroatoms. The van der Waals surface area contributed by atoms with E-state index >= 15 is 0 Å². The van der Waals surface area contributed by atoms with Gasteiger partial charge in [0.1, 0.15) is 0 Å². The van der Waals surface area contributed by atoms with Gasteiger partial charge in [-0.3, -0.25) is 9.59 Å². The van der Waals surface area contributed by atoms with Crippen LogP contribution in [-0.4, -0.2) is 35.8 Å². The molecule has 0 saturated heterocycles. The fourth-order valence-corrected chi connectivity index (χ4v) is 4.80. The molecule has 0 radical (unpaired) electrons. The van der Waals surface area contributed by atoms with E-state index in [9.17, 15) is 18.4 Å². The van der Waals surface area contributed by atoms with E-state index in [4.69, 9.17) is 17.3 Å². The molecular weight excluding hydrogens is 424 g/mol. The molecule has 0 fully saturated rings. The lowest BCUT2D eigenvalue weighted by atomic mass is 9.91. The first-order valence-electron chi connectivity index (χ1n) is 10.3. The summed E-state index contributed by atoms with van der Waals surface area (Å²) in [4.78, 5) is 28.5. The molecule has 0 spiro atoms. The molecule has 0 bridgehead atoms. The van der Waals surface area contributed by atoms with E-state index in [1.54, 1.807) is 21.9 Å². The molecule has 31 heavy (non-hydrogen) atoms. The number of hydrogen-bond acceptors (Lipinski definition) is 3. The minimum Gasteiger partial charge on any atom is -0.336 e. The van der Waals surface area contributed by atoms with Gasteiger partial charge >= 0.3 is 0 Å². The number of nitrogens with zero attached hydrogens (tertiary/aromatic N) is 2. The molecule has 5 nitrogen and oxygen atoms in total. The molecule has 2 N–H and O–H groups in total. The molecule has 1 aliphatic heterocycles. The highest BCUT2D eigenvalue weighted by Crippen LogP contribution is 2.37. The smallest absolute Gasteiger partial charge is 0.224 e. The van der Waals surface area contributed by atoms with E-state index in [0.717, 1.165) is 11.1 Å². The number of carbonyl (C=O) groups is 2. The van der Waals surface area contributed by atoms with Crippen LogP contribution in [0.1, 0.15) is 42.4 Å². The minimum atomic E-state index is -0.892. The van der Waals surface area contributed by atoms with Gasteiger partial charge in [0.05, 0.1) is 5.69 Å². The molecule has 0 saturated carbocycles. The summed E-state index contributed by atoms with van der Waals surface area (Å²) >= 11 is 6.12. The Kier molecular flexibility index (Phi) is 5.99. The number of nitrogens with two attached hydrogens (primary N) is 1. The molecule has 2 atom stereocenters. The Bertz CT molecular complexity index is 1050. The van der Waals surface area contributed by atoms with Crippen LogP contribution in [0.25, 0.3) is 0 Å². The maximum Gasteiger partial charge on any atom is 0.224 e. The van der Waals surface area contributed by atoms with Gasteiger partial charge in [0, 0.05) is 50.0 Å². The molecule has 2 aromatic rings. The van der Waals surface area contributed by atoms with Crippen LogP contribution in [0.4, 0.5) is 14.5 Å². The Hall–Kier alpha value is -2.51. The van der Waals surface area contributed by atoms with Crippen molar-refractivity contribution in [2.75, 3.05) is 18.0 Å². The number of fused-ring (bicyclic) bond motifs is 2. The van der Waals surface area contributed by atoms with Crippen molar-refractivity contribution in [3.63, 3.8) is 0 Å². The highest BCUT2D eigenvalue weighted by atomic mass is 35.5. The van der Waals surface area contributed by atoms with Gasteiger partial charge in [-0.1, -0.05) is 17.7 Å². The Morgan fingerprint density at radius 1 is 1.16 bits per heavy atom. The third-order valence-corrected chi connectivity index (χ3v) is 6.49. The number of aryl methyl sites for hydroxylation is 1. The second kappa shape index (κ2) is 8.55. The third-order valence-electron chi connectivity index (χ3n) is 6.26. The van der Waals surface area contributed by atoms with Crippen LogP contribution in [0.2, 0.25) is 5.02 Å². The van der Waals surface area contributed by atoms with E-state index < -0.39 is 17.7 Å². The van der Waals surface area contributed by atoms with Gasteiger partial charge in [0.15, 0.2) is 11.6 Å². The summed E-state index contributed by atoms with van der Waals surface area (Å²) in [5.41, 5.74) is 9.37. The monoisotopic (exact) mass is 447 g/mol. The van der Waals surface area contributed by atoms with Crippen LogP contribution in [0.3, 0.4) is 0 Å². The molecule has 1 heterocycles. The van der Waals surface area contributed by atoms with Crippen molar-refractivity contribution in [2.24, 2.45) is 5.73 Å². The normalized spacial score (nSPS) is 18.9. The number of hydrogen-bond donors (Lipinski definition) is 1. The molecule has 4 rings (SSSR count). The average Bonchev–Trinajstić information content (AvgIpc) is 3.00. The summed E-state index contributed by atoms with van der Waals surface area (Å²) in [6, 6.07) is 7.23. The SMILES string of the molecule is CC(=O)N1CCN(C(=O)CC(N)C2CCc3cc(F)c(F)cc32)Cc2ccc(Cl)cc21. The molecule has 0 aromatic heterocycles. The Balaban J connectivity index is 1.50. The van der Waals surface area contributed by atoms with Gasteiger partial charge in [0.2, 0.25) is 11.8 Å². The lowest BCUT2D eigenvalue weighted by Gasteiger charge is -2.25. The van der Waals surface area contributed by atoms with Crippen LogP contribution in [0, 0.1) is 11.6 Å². The number of rotatable bonds is 3. The molecule has 164 valence electrons. The second-order valence-electron chi connectivity index (χ2n) is 8.24. The molecule has 2 aromatic carbocycles. The topological polar surface area (TPSA) is 66.6 Å². The Labute approximate surface area is 184 Å². The van der Waals surface area contributed by atoms with Crippen LogP contribution in [0.15, 0.2) is 30.3 Å². The summed E-state index contributed by atoms with van der Waals surface area (Å²) in [7, 11) is 0. The van der Waals surface area contributed by atoms with Crippen LogP contribution in [0.5, 0.6) is 0 Å². The predicted octanol–water partition coefficient (Wildman–Crippen LogP) is 3.76. The fraction of sp³-hybridized carbons (Fsp3) is 0.391. The fourth-order valence-electron chi connectivity index (χ4n) is 4.64.